The molecule has 0 atom stereocenters. The van der Waals surface area contributed by atoms with Crippen molar-refractivity contribution in [1.82, 2.24) is 0 Å². The first-order chi connectivity index (χ1) is 3.65. The molecule has 0 unspecified atom stereocenters. The van der Waals surface area contributed by atoms with Gasteiger partial charge in [-0.2, -0.15) is 0 Å². The van der Waals surface area contributed by atoms with Gasteiger partial charge in [-0.25, -0.2) is 0 Å². The van der Waals surface area contributed by atoms with Gasteiger partial charge in [0, 0.05) is 0 Å². The predicted octanol–water partition coefficient (Wildman–Crippen LogP) is 2.82. The Bertz CT molecular complexity index is 47.0. The molecule has 0 aliphatic carbocycles. The van der Waals surface area contributed by atoms with E-state index in [-0.39, 0.29) is 6.61 Å². The summed E-state index contributed by atoms with van der Waals surface area (Å²) >= 11 is 7.54. The number of hydrogen-bond donors (Lipinski definition) is 1. The monoisotopic (exact) mass is 529 g/mol. The van der Waals surface area contributed by atoms with Crippen molar-refractivity contribution < 1.29 is 14.3 Å². The first-order valence-electron chi connectivity index (χ1n) is 1.70. The van der Waals surface area contributed by atoms with E-state index in [1.54, 1.807) is 0 Å². The van der Waals surface area contributed by atoms with E-state index in [1.807, 2.05) is 0 Å². The third-order valence-electron chi connectivity index (χ3n) is 0.129. The van der Waals surface area contributed by atoms with E-state index in [4.69, 9.17) is 5.11 Å². The fraction of sp³-hybridized carbons (Fsp3) is 0.333. The number of hydrogen-bond acceptors (Lipinski definition) is 1. The van der Waals surface area contributed by atoms with Crippen LogP contribution in [-0.4, -0.2) is 11.7 Å². The standard InChI is InChI=1S/C3H6O.3HI.Zr/c1-2-3-4;;;;/h2,4H,1,3H2;3*1H;/q;;;;+3/p-3. The van der Waals surface area contributed by atoms with Crippen LogP contribution in [-0.2, 0) is 9.18 Å². The van der Waals surface area contributed by atoms with Gasteiger partial charge >= 0.3 is 63.3 Å². The molecule has 0 aromatic heterocycles. The molecule has 0 fully saturated rings. The summed E-state index contributed by atoms with van der Waals surface area (Å²) in [5.41, 5.74) is 0. The van der Waals surface area contributed by atoms with E-state index in [0.717, 1.165) is 0 Å². The molecule has 0 bridgehead atoms. The van der Waals surface area contributed by atoms with Gasteiger partial charge in [-0.15, -0.1) is 6.58 Å². The molecule has 0 aromatic rings. The number of aliphatic hydroxyl groups excluding tert-OH is 1. The molecular formula is C3H6I3OZr. The summed E-state index contributed by atoms with van der Waals surface area (Å²) in [5, 5.41) is 7.76. The molecule has 0 aliphatic heterocycles. The van der Waals surface area contributed by atoms with Crippen LogP contribution in [0.25, 0.3) is 0 Å². The molecule has 0 spiro atoms. The molecule has 1 N–H and O–H groups in total. The summed E-state index contributed by atoms with van der Waals surface area (Å²) in [4.78, 5) is 0. The maximum atomic E-state index is 7.76. The van der Waals surface area contributed by atoms with Gasteiger partial charge in [0.1, 0.15) is 0 Å². The third-order valence-corrected chi connectivity index (χ3v) is 0.129. The summed E-state index contributed by atoms with van der Waals surface area (Å²) < 4.78 is 0. The van der Waals surface area contributed by atoms with Crippen LogP contribution >= 0.6 is 54.1 Å². The van der Waals surface area contributed by atoms with Crippen LogP contribution in [0.5, 0.6) is 0 Å². The van der Waals surface area contributed by atoms with Crippen LogP contribution in [0, 0.1) is 0 Å². The van der Waals surface area contributed by atoms with Crippen molar-refractivity contribution in [3.05, 3.63) is 12.7 Å². The topological polar surface area (TPSA) is 20.2 Å². The molecule has 0 saturated heterocycles. The van der Waals surface area contributed by atoms with Crippen molar-refractivity contribution in [2.75, 3.05) is 6.61 Å². The molecule has 8 heavy (non-hydrogen) atoms. The first-order valence-corrected chi connectivity index (χ1v) is 23.6. The van der Waals surface area contributed by atoms with E-state index in [9.17, 15) is 0 Å². The summed E-state index contributed by atoms with van der Waals surface area (Å²) in [6.45, 7) is 3.31. The second-order valence-electron chi connectivity index (χ2n) is 0.686. The number of halogens is 3. The Morgan fingerprint density at radius 3 is 1.62 bits per heavy atom. The van der Waals surface area contributed by atoms with Crippen molar-refractivity contribution in [3.8, 4) is 0 Å². The minimum absolute atomic E-state index is 0.0833. The zero-order valence-corrected chi connectivity index (χ0v) is 13.0. The molecule has 0 heterocycles. The Morgan fingerprint density at radius 2 is 1.62 bits per heavy atom. The number of rotatable bonds is 1. The summed E-state index contributed by atoms with van der Waals surface area (Å²) in [5.74, 6) is 0. The number of aliphatic hydroxyl groups is 1. The fourth-order valence-electron chi connectivity index (χ4n) is 0. The first kappa shape index (κ1) is 13.4. The van der Waals surface area contributed by atoms with Gasteiger partial charge in [0.25, 0.3) is 0 Å². The molecule has 0 aromatic carbocycles. The summed E-state index contributed by atoms with van der Waals surface area (Å²) in [7, 11) is -0.633. The maximum absolute atomic E-state index is 7.76. The zero-order valence-electron chi connectivity index (χ0n) is 4.07. The van der Waals surface area contributed by atoms with Gasteiger partial charge in [0.2, 0.25) is 0 Å². The summed E-state index contributed by atoms with van der Waals surface area (Å²) in [6.07, 6.45) is 1.43. The Hall–Kier alpha value is 2.77. The van der Waals surface area contributed by atoms with Crippen LogP contribution in [0.1, 0.15) is 0 Å². The Kier molecular flexibility index (Phi) is 20.8. The van der Waals surface area contributed by atoms with Crippen LogP contribution < -0.4 is 0 Å². The molecule has 0 saturated carbocycles. The molecule has 49 valence electrons. The van der Waals surface area contributed by atoms with E-state index >= 15 is 0 Å². The predicted molar refractivity (Wildman–Crippen MR) is 59.3 cm³/mol. The van der Waals surface area contributed by atoms with E-state index in [2.05, 4.69) is 60.7 Å². The summed E-state index contributed by atoms with van der Waals surface area (Å²) in [6, 6.07) is 0. The second-order valence-corrected chi connectivity index (χ2v) is 57.5. The van der Waals surface area contributed by atoms with Gasteiger partial charge in [0.05, 0.1) is 6.61 Å². The van der Waals surface area contributed by atoms with E-state index in [1.165, 1.54) is 6.08 Å². The van der Waals surface area contributed by atoms with Crippen molar-refractivity contribution in [3.63, 3.8) is 0 Å². The fourth-order valence-corrected chi connectivity index (χ4v) is 0. The van der Waals surface area contributed by atoms with E-state index < -0.39 is 9.18 Å². The van der Waals surface area contributed by atoms with Crippen LogP contribution in [0.15, 0.2) is 12.7 Å². The molecule has 1 nitrogen and oxygen atoms in total. The Morgan fingerprint density at radius 1 is 1.50 bits per heavy atom. The van der Waals surface area contributed by atoms with Crippen molar-refractivity contribution in [2.45, 2.75) is 0 Å². The average molecular weight is 530 g/mol. The molecular weight excluding hydrogens is 524 g/mol. The van der Waals surface area contributed by atoms with E-state index in [0.29, 0.717) is 0 Å². The van der Waals surface area contributed by atoms with Crippen molar-refractivity contribution in [1.29, 1.82) is 0 Å². The van der Waals surface area contributed by atoms with Crippen LogP contribution in [0.4, 0.5) is 0 Å². The van der Waals surface area contributed by atoms with Gasteiger partial charge < -0.3 is 5.11 Å². The van der Waals surface area contributed by atoms with Crippen LogP contribution in [0.2, 0.25) is 0 Å². The third kappa shape index (κ3) is 37.2. The average Bonchev–Trinajstić information content (AvgIpc) is 1.65. The van der Waals surface area contributed by atoms with Gasteiger partial charge in [-0.3, -0.25) is 0 Å². The second kappa shape index (κ2) is 12.4. The molecule has 5 heteroatoms. The molecule has 0 aliphatic rings. The van der Waals surface area contributed by atoms with Gasteiger partial charge in [-0.05, 0) is 0 Å². The normalized spacial score (nSPS) is 6.50. The van der Waals surface area contributed by atoms with Gasteiger partial charge in [-0.1, -0.05) is 6.08 Å². The van der Waals surface area contributed by atoms with Crippen LogP contribution in [0.3, 0.4) is 0 Å². The molecule has 0 radical (unpaired) electrons. The van der Waals surface area contributed by atoms with Crippen molar-refractivity contribution in [2.24, 2.45) is 0 Å². The Labute approximate surface area is 85.4 Å². The SMILES string of the molecule is C=CCO.[I][Zr]([I])[I]. The molecule has 0 amide bonds. The quantitative estimate of drug-likeness (QED) is 0.409. The van der Waals surface area contributed by atoms with Gasteiger partial charge in [0.15, 0.2) is 0 Å². The zero-order chi connectivity index (χ0) is 6.99. The Balaban J connectivity index is 0. The van der Waals surface area contributed by atoms with Crippen molar-refractivity contribution >= 4 is 54.1 Å². The molecule has 0 rings (SSSR count). The minimum atomic E-state index is -0.633.